The summed E-state index contributed by atoms with van der Waals surface area (Å²) in [5, 5.41) is 0. The molecule has 0 saturated heterocycles. The van der Waals surface area contributed by atoms with Gasteiger partial charge in [-0.3, -0.25) is 14.4 Å². The van der Waals surface area contributed by atoms with Crippen LogP contribution in [0, 0.1) is 0 Å². The van der Waals surface area contributed by atoms with Crippen LogP contribution < -0.4 is 0 Å². The SMILES string of the molecule is CC/C=C\C/C=C\C/C=C\C/C=C\C/C=C\CCCCCCCCCCCCCC(=O)OCC(COC(=O)CCCCCCCCCCCCCCCCCC)OC(=O)CCCCC/C=C\C/C=C\C/C=C\C/C=C\C/C=C\CC. The second kappa shape index (κ2) is 67.3. The third kappa shape index (κ3) is 64.6. The van der Waals surface area contributed by atoms with Gasteiger partial charge in [0, 0.05) is 19.3 Å². The Hall–Kier alpha value is -4.19. The minimum absolute atomic E-state index is 0.0914. The van der Waals surface area contributed by atoms with Crippen LogP contribution in [-0.4, -0.2) is 37.2 Å². The molecular formula is C74H124O6. The van der Waals surface area contributed by atoms with Gasteiger partial charge in [0.05, 0.1) is 0 Å². The molecule has 1 unspecified atom stereocenters. The number of hydrogen-bond donors (Lipinski definition) is 0. The van der Waals surface area contributed by atoms with Crippen molar-refractivity contribution in [3.05, 3.63) is 122 Å². The molecule has 0 saturated carbocycles. The summed E-state index contributed by atoms with van der Waals surface area (Å²) in [6, 6.07) is 0. The summed E-state index contributed by atoms with van der Waals surface area (Å²) in [5.41, 5.74) is 0. The Balaban J connectivity index is 4.39. The van der Waals surface area contributed by atoms with Crippen molar-refractivity contribution in [3.8, 4) is 0 Å². The van der Waals surface area contributed by atoms with Crippen LogP contribution in [0.5, 0.6) is 0 Å². The van der Waals surface area contributed by atoms with E-state index in [0.717, 1.165) is 128 Å². The summed E-state index contributed by atoms with van der Waals surface area (Å²) >= 11 is 0. The van der Waals surface area contributed by atoms with E-state index >= 15 is 0 Å². The first-order valence-electron chi connectivity index (χ1n) is 33.5. The lowest BCUT2D eigenvalue weighted by Crippen LogP contribution is -2.30. The van der Waals surface area contributed by atoms with E-state index in [1.807, 2.05) is 0 Å². The minimum Gasteiger partial charge on any atom is -0.462 e. The van der Waals surface area contributed by atoms with Gasteiger partial charge in [-0.15, -0.1) is 0 Å². The third-order valence-electron chi connectivity index (χ3n) is 14.2. The minimum atomic E-state index is -0.800. The topological polar surface area (TPSA) is 78.9 Å². The Morgan fingerprint density at radius 2 is 0.487 bits per heavy atom. The Bertz CT molecular complexity index is 1650. The van der Waals surface area contributed by atoms with Gasteiger partial charge in [-0.1, -0.05) is 303 Å². The average molecular weight is 1110 g/mol. The highest BCUT2D eigenvalue weighted by atomic mass is 16.6. The zero-order valence-electron chi connectivity index (χ0n) is 52.3. The summed E-state index contributed by atoms with van der Waals surface area (Å²) < 4.78 is 16.9. The number of carbonyl (C=O) groups is 3. The maximum atomic E-state index is 12.9. The normalized spacial score (nSPS) is 12.9. The maximum absolute atomic E-state index is 12.9. The molecule has 6 nitrogen and oxygen atoms in total. The van der Waals surface area contributed by atoms with E-state index in [-0.39, 0.29) is 37.5 Å². The average Bonchev–Trinajstić information content (AvgIpc) is 3.46. The van der Waals surface area contributed by atoms with Gasteiger partial charge in [0.15, 0.2) is 6.10 Å². The largest absolute Gasteiger partial charge is 0.462 e. The molecule has 0 spiro atoms. The van der Waals surface area contributed by atoms with Crippen LogP contribution in [-0.2, 0) is 28.6 Å². The fourth-order valence-corrected chi connectivity index (χ4v) is 9.26. The van der Waals surface area contributed by atoms with E-state index in [4.69, 9.17) is 14.2 Å². The smallest absolute Gasteiger partial charge is 0.306 e. The Morgan fingerprint density at radius 3 is 0.775 bits per heavy atom. The van der Waals surface area contributed by atoms with E-state index in [1.165, 1.54) is 141 Å². The van der Waals surface area contributed by atoms with Crippen LogP contribution in [0.3, 0.4) is 0 Å². The van der Waals surface area contributed by atoms with Gasteiger partial charge in [-0.2, -0.15) is 0 Å². The van der Waals surface area contributed by atoms with Crippen molar-refractivity contribution in [1.29, 1.82) is 0 Å². The van der Waals surface area contributed by atoms with E-state index in [1.54, 1.807) is 0 Å². The van der Waals surface area contributed by atoms with E-state index in [2.05, 4.69) is 142 Å². The highest BCUT2D eigenvalue weighted by molar-refractivity contribution is 5.71. The first kappa shape index (κ1) is 75.8. The molecule has 0 fully saturated rings. The zero-order chi connectivity index (χ0) is 57.8. The predicted molar refractivity (Wildman–Crippen MR) is 348 cm³/mol. The first-order chi connectivity index (χ1) is 39.5. The van der Waals surface area contributed by atoms with Crippen molar-refractivity contribution in [3.63, 3.8) is 0 Å². The van der Waals surface area contributed by atoms with Gasteiger partial charge in [-0.05, 0) is 109 Å². The summed E-state index contributed by atoms with van der Waals surface area (Å²) in [5.74, 6) is -0.917. The van der Waals surface area contributed by atoms with Crippen LogP contribution in [0.1, 0.15) is 310 Å². The highest BCUT2D eigenvalue weighted by Crippen LogP contribution is 2.17. The molecular weight excluding hydrogens is 985 g/mol. The summed E-state index contributed by atoms with van der Waals surface area (Å²) in [4.78, 5) is 38.4. The van der Waals surface area contributed by atoms with Crippen molar-refractivity contribution >= 4 is 17.9 Å². The Kier molecular flexibility index (Phi) is 63.8. The number of esters is 3. The lowest BCUT2D eigenvalue weighted by atomic mass is 10.0. The molecule has 0 aliphatic rings. The lowest BCUT2D eigenvalue weighted by molar-refractivity contribution is -0.167. The zero-order valence-corrected chi connectivity index (χ0v) is 52.3. The molecule has 80 heavy (non-hydrogen) atoms. The van der Waals surface area contributed by atoms with Gasteiger partial charge < -0.3 is 14.2 Å². The van der Waals surface area contributed by atoms with Crippen LogP contribution in [0.15, 0.2) is 122 Å². The third-order valence-corrected chi connectivity index (χ3v) is 14.2. The molecule has 0 rings (SSSR count). The molecule has 0 aromatic heterocycles. The summed E-state index contributed by atoms with van der Waals surface area (Å²) in [6.45, 7) is 6.41. The van der Waals surface area contributed by atoms with Crippen molar-refractivity contribution in [2.75, 3.05) is 13.2 Å². The predicted octanol–water partition coefficient (Wildman–Crippen LogP) is 23.2. The fourth-order valence-electron chi connectivity index (χ4n) is 9.26. The van der Waals surface area contributed by atoms with Crippen LogP contribution in [0.25, 0.3) is 0 Å². The second-order valence-corrected chi connectivity index (χ2v) is 22.0. The van der Waals surface area contributed by atoms with Gasteiger partial charge >= 0.3 is 17.9 Å². The van der Waals surface area contributed by atoms with Crippen molar-refractivity contribution < 1.29 is 28.6 Å². The second-order valence-electron chi connectivity index (χ2n) is 22.0. The van der Waals surface area contributed by atoms with E-state index < -0.39 is 6.10 Å². The number of carbonyl (C=O) groups excluding carboxylic acids is 3. The molecule has 0 bridgehead atoms. The Labute approximate surface area is 494 Å². The van der Waals surface area contributed by atoms with Crippen molar-refractivity contribution in [2.24, 2.45) is 0 Å². The molecule has 0 N–H and O–H groups in total. The number of rotatable bonds is 60. The van der Waals surface area contributed by atoms with Crippen LogP contribution >= 0.6 is 0 Å². The summed E-state index contributed by atoms with van der Waals surface area (Å²) in [6.07, 6.45) is 93.5. The van der Waals surface area contributed by atoms with Crippen molar-refractivity contribution in [2.45, 2.75) is 316 Å². The lowest BCUT2D eigenvalue weighted by Gasteiger charge is -2.18. The number of ether oxygens (including phenoxy) is 3. The standard InChI is InChI=1S/C74H124O6/c1-4-7-10-13-16-19-22-25-28-31-33-34-35-36-37-38-39-40-42-43-46-49-52-55-58-61-64-67-73(76)79-70-71(69-78-72(75)66-63-60-57-54-51-48-45-30-27-24-21-18-15-12-9-6-3)80-74(77)68-65-62-59-56-53-50-47-44-41-32-29-26-23-20-17-14-11-8-5-2/h7-8,10-11,16-17,19-20,25-26,28-29,33-34,36-37,41,44,50,53,71H,4-6,9,12-15,18,21-24,27,30-32,35,38-40,42-43,45-49,51-52,54-70H2,1-3H3/b10-7-,11-8-,19-16-,20-17-,28-25-,29-26-,34-33-,37-36-,44-41-,53-50-. The van der Waals surface area contributed by atoms with E-state index in [0.29, 0.717) is 12.8 Å². The van der Waals surface area contributed by atoms with Gasteiger partial charge in [0.1, 0.15) is 13.2 Å². The van der Waals surface area contributed by atoms with Gasteiger partial charge in [0.25, 0.3) is 0 Å². The highest BCUT2D eigenvalue weighted by Gasteiger charge is 2.19. The number of hydrogen-bond acceptors (Lipinski definition) is 6. The quantitative estimate of drug-likeness (QED) is 0.0261. The Morgan fingerprint density at radius 1 is 0.263 bits per heavy atom. The van der Waals surface area contributed by atoms with Gasteiger partial charge in [0.2, 0.25) is 0 Å². The molecule has 0 aliphatic carbocycles. The van der Waals surface area contributed by atoms with Gasteiger partial charge in [-0.25, -0.2) is 0 Å². The molecule has 0 heterocycles. The molecule has 0 aromatic carbocycles. The summed E-state index contributed by atoms with van der Waals surface area (Å²) in [7, 11) is 0. The first-order valence-corrected chi connectivity index (χ1v) is 33.5. The number of allylic oxidation sites excluding steroid dienone is 20. The number of unbranched alkanes of at least 4 members (excludes halogenated alkanes) is 29. The molecule has 0 amide bonds. The molecule has 6 heteroatoms. The van der Waals surface area contributed by atoms with Crippen LogP contribution in [0.2, 0.25) is 0 Å². The monoisotopic (exact) mass is 1110 g/mol. The van der Waals surface area contributed by atoms with Crippen molar-refractivity contribution in [1.82, 2.24) is 0 Å². The maximum Gasteiger partial charge on any atom is 0.306 e. The molecule has 456 valence electrons. The molecule has 0 aliphatic heterocycles. The van der Waals surface area contributed by atoms with Crippen LogP contribution in [0.4, 0.5) is 0 Å². The fraction of sp³-hybridized carbons (Fsp3) is 0.689. The molecule has 0 aromatic rings. The van der Waals surface area contributed by atoms with E-state index in [9.17, 15) is 14.4 Å². The molecule has 1 atom stereocenters. The molecule has 0 radical (unpaired) electrons.